The first-order valence-corrected chi connectivity index (χ1v) is 11.4. The Morgan fingerprint density at radius 2 is 0.895 bits per heavy atom. The summed E-state index contributed by atoms with van der Waals surface area (Å²) < 4.78 is 0. The topological polar surface area (TPSA) is 0 Å². The average molecular weight is 284 g/mol. The first-order valence-electron chi connectivity index (χ1n) is 9.10. The Kier molecular flexibility index (Phi) is 5.77. The standard InChI is InChI=1S/C18H37P/c1-15(2)19(16(3)4,17-11-7-5-8-12-17)18-13-9-6-10-14-18/h15-19H,5-14H2,1-4H3. The second kappa shape index (κ2) is 6.93. The van der Waals surface area contributed by atoms with Gasteiger partial charge in [-0.15, -0.1) is 0 Å². The third-order valence-corrected chi connectivity index (χ3v) is 14.6. The van der Waals surface area contributed by atoms with E-state index in [0.29, 0.717) is 0 Å². The molecule has 0 unspecified atom stereocenters. The Morgan fingerprint density at radius 3 is 1.16 bits per heavy atom. The molecule has 0 aromatic rings. The fourth-order valence-corrected chi connectivity index (χ4v) is 14.7. The van der Waals surface area contributed by atoms with Gasteiger partial charge in [-0.1, -0.05) is 0 Å². The van der Waals surface area contributed by atoms with Crippen molar-refractivity contribution in [1.82, 2.24) is 0 Å². The molecule has 0 N–H and O–H groups in total. The molecule has 0 atom stereocenters. The quantitative estimate of drug-likeness (QED) is 0.538. The monoisotopic (exact) mass is 284 g/mol. The van der Waals surface area contributed by atoms with Crippen LogP contribution >= 0.6 is 7.26 Å². The van der Waals surface area contributed by atoms with Crippen molar-refractivity contribution in [3.63, 3.8) is 0 Å². The second-order valence-electron chi connectivity index (χ2n) is 7.98. The van der Waals surface area contributed by atoms with Gasteiger partial charge in [0, 0.05) is 0 Å². The SMILES string of the molecule is CC(C)[PH](C(C)C)(C1CCCCC1)C1CCCCC1. The van der Waals surface area contributed by atoms with Crippen LogP contribution in [0.15, 0.2) is 0 Å². The fraction of sp³-hybridized carbons (Fsp3) is 1.00. The molecule has 1 heteroatoms. The predicted octanol–water partition coefficient (Wildman–Crippen LogP) is 6.22. The third kappa shape index (κ3) is 3.04. The first kappa shape index (κ1) is 15.8. The van der Waals surface area contributed by atoms with E-state index < -0.39 is 7.26 Å². The van der Waals surface area contributed by atoms with Crippen LogP contribution in [0.4, 0.5) is 0 Å². The molecule has 2 saturated carbocycles. The van der Waals surface area contributed by atoms with Gasteiger partial charge < -0.3 is 0 Å². The third-order valence-electron chi connectivity index (χ3n) is 6.62. The fourth-order valence-electron chi connectivity index (χ4n) is 6.09. The summed E-state index contributed by atoms with van der Waals surface area (Å²) in [6.07, 6.45) is 15.5. The Bertz CT molecular complexity index is 229. The van der Waals surface area contributed by atoms with Gasteiger partial charge >= 0.3 is 122 Å². The van der Waals surface area contributed by atoms with Gasteiger partial charge in [-0.3, -0.25) is 0 Å². The molecule has 0 heterocycles. The summed E-state index contributed by atoms with van der Waals surface area (Å²) in [6.45, 7) is 10.4. The van der Waals surface area contributed by atoms with Crippen molar-refractivity contribution in [2.45, 2.75) is 115 Å². The zero-order chi connectivity index (χ0) is 13.9. The minimum atomic E-state index is -1.15. The van der Waals surface area contributed by atoms with Gasteiger partial charge in [-0.2, -0.15) is 0 Å². The van der Waals surface area contributed by atoms with Crippen molar-refractivity contribution < 1.29 is 0 Å². The van der Waals surface area contributed by atoms with Crippen LogP contribution in [0.5, 0.6) is 0 Å². The van der Waals surface area contributed by atoms with Crippen molar-refractivity contribution in [2.75, 3.05) is 0 Å². The Balaban J connectivity index is 2.28. The van der Waals surface area contributed by atoms with Crippen LogP contribution in [0.2, 0.25) is 0 Å². The molecule has 0 spiro atoms. The van der Waals surface area contributed by atoms with Crippen LogP contribution in [0.25, 0.3) is 0 Å². The van der Waals surface area contributed by atoms with Gasteiger partial charge in [0.2, 0.25) is 0 Å². The summed E-state index contributed by atoms with van der Waals surface area (Å²) in [4.78, 5) is 0. The molecule has 0 radical (unpaired) electrons. The Morgan fingerprint density at radius 1 is 0.579 bits per heavy atom. The molecule has 0 aromatic heterocycles. The van der Waals surface area contributed by atoms with Crippen molar-refractivity contribution in [3.8, 4) is 0 Å². The Labute approximate surface area is 122 Å². The summed E-state index contributed by atoms with van der Waals surface area (Å²) in [7, 11) is -1.15. The van der Waals surface area contributed by atoms with E-state index in [1.54, 1.807) is 25.7 Å². The molecule has 114 valence electrons. The van der Waals surface area contributed by atoms with Gasteiger partial charge in [-0.25, -0.2) is 0 Å². The first-order chi connectivity index (χ1) is 9.10. The van der Waals surface area contributed by atoms with Gasteiger partial charge in [0.25, 0.3) is 0 Å². The summed E-state index contributed by atoms with van der Waals surface area (Å²) in [5, 5.41) is 0. The van der Waals surface area contributed by atoms with E-state index in [1.165, 1.54) is 38.5 Å². The average Bonchev–Trinajstić information content (AvgIpc) is 2.41. The maximum absolute atomic E-state index is 2.59. The van der Waals surface area contributed by atoms with Crippen LogP contribution in [0, 0.1) is 0 Å². The second-order valence-corrected chi connectivity index (χ2v) is 13.9. The van der Waals surface area contributed by atoms with Crippen molar-refractivity contribution >= 4 is 7.26 Å². The zero-order valence-electron chi connectivity index (χ0n) is 13.9. The number of rotatable bonds is 4. The van der Waals surface area contributed by atoms with E-state index in [4.69, 9.17) is 0 Å². The maximum atomic E-state index is 2.59. The van der Waals surface area contributed by atoms with Crippen molar-refractivity contribution in [2.24, 2.45) is 0 Å². The molecule has 0 aliphatic heterocycles. The van der Waals surface area contributed by atoms with Gasteiger partial charge in [0.05, 0.1) is 0 Å². The molecule has 0 aromatic carbocycles. The number of hydrogen-bond acceptors (Lipinski definition) is 0. The summed E-state index contributed by atoms with van der Waals surface area (Å²) in [5.74, 6) is 0. The van der Waals surface area contributed by atoms with Gasteiger partial charge in [-0.05, 0) is 0 Å². The van der Waals surface area contributed by atoms with Crippen LogP contribution < -0.4 is 0 Å². The van der Waals surface area contributed by atoms with Gasteiger partial charge in [0.1, 0.15) is 0 Å². The van der Waals surface area contributed by atoms with Crippen LogP contribution in [0.3, 0.4) is 0 Å². The molecule has 0 nitrogen and oxygen atoms in total. The van der Waals surface area contributed by atoms with Crippen molar-refractivity contribution in [1.29, 1.82) is 0 Å². The number of hydrogen-bond donors (Lipinski definition) is 0. The van der Waals surface area contributed by atoms with Gasteiger partial charge in [0.15, 0.2) is 0 Å². The van der Waals surface area contributed by atoms with Crippen molar-refractivity contribution in [3.05, 3.63) is 0 Å². The van der Waals surface area contributed by atoms with E-state index in [0.717, 1.165) is 22.6 Å². The molecule has 0 saturated heterocycles. The van der Waals surface area contributed by atoms with E-state index in [2.05, 4.69) is 27.7 Å². The minimum absolute atomic E-state index is 0.999. The van der Waals surface area contributed by atoms with Crippen LogP contribution in [-0.2, 0) is 0 Å². The molecule has 2 aliphatic rings. The van der Waals surface area contributed by atoms with E-state index in [-0.39, 0.29) is 0 Å². The molecule has 0 amide bonds. The van der Waals surface area contributed by atoms with E-state index >= 15 is 0 Å². The molecule has 19 heavy (non-hydrogen) atoms. The normalized spacial score (nSPS) is 25.2. The van der Waals surface area contributed by atoms with E-state index in [1.807, 2.05) is 0 Å². The molecule has 2 aliphatic carbocycles. The zero-order valence-corrected chi connectivity index (χ0v) is 14.9. The molecule has 0 bridgehead atoms. The summed E-state index contributed by atoms with van der Waals surface area (Å²) in [5.41, 5.74) is 4.31. The van der Waals surface area contributed by atoms with Crippen LogP contribution in [-0.4, -0.2) is 22.6 Å². The molecule has 2 rings (SSSR count). The molecule has 2 fully saturated rings. The Hall–Kier alpha value is 0.430. The summed E-state index contributed by atoms with van der Waals surface area (Å²) in [6, 6.07) is 0. The molecular formula is C18H37P. The van der Waals surface area contributed by atoms with Crippen LogP contribution in [0.1, 0.15) is 91.9 Å². The predicted molar refractivity (Wildman–Crippen MR) is 92.3 cm³/mol. The van der Waals surface area contributed by atoms with E-state index in [9.17, 15) is 0 Å². The molecular weight excluding hydrogens is 247 g/mol. The summed E-state index contributed by atoms with van der Waals surface area (Å²) >= 11 is 0.